The largest absolute Gasteiger partial charge is 0.251 e. The predicted octanol–water partition coefficient (Wildman–Crippen LogP) is 6.30. The minimum absolute atomic E-state index is 0.183. The monoisotopic (exact) mass is 310 g/mol. The average Bonchev–Trinajstić information content (AvgIpc) is 2.75. The van der Waals surface area contributed by atoms with Gasteiger partial charge < -0.3 is 0 Å². The van der Waals surface area contributed by atoms with E-state index in [1.807, 2.05) is 0 Å². The molecule has 0 aliphatic heterocycles. The van der Waals surface area contributed by atoms with Crippen LogP contribution in [-0.2, 0) is 0 Å². The molecule has 0 amide bonds. The highest BCUT2D eigenvalue weighted by Gasteiger charge is 2.66. The molecule has 0 aromatic carbocycles. The van der Waals surface area contributed by atoms with Crippen LogP contribution in [0.5, 0.6) is 0 Å². The number of hydrogen-bond acceptors (Lipinski definition) is 0. The van der Waals surface area contributed by atoms with Gasteiger partial charge in [-0.25, -0.2) is 8.78 Å². The molecule has 7 unspecified atom stereocenters. The fourth-order valence-electron chi connectivity index (χ4n) is 7.45. The molecule has 0 nitrogen and oxygen atoms in total. The predicted molar refractivity (Wildman–Crippen MR) is 85.8 cm³/mol. The fourth-order valence-corrected chi connectivity index (χ4v) is 7.45. The van der Waals surface area contributed by atoms with Gasteiger partial charge in [0.25, 0.3) is 5.92 Å². The molecular formula is C20H32F2. The molecule has 126 valence electrons. The van der Waals surface area contributed by atoms with Crippen molar-refractivity contribution in [3.05, 3.63) is 0 Å². The van der Waals surface area contributed by atoms with Crippen LogP contribution in [0, 0.1) is 40.4 Å². The molecule has 2 heteroatoms. The Morgan fingerprint density at radius 3 is 2.32 bits per heavy atom. The Bertz CT molecular complexity index is 459. The van der Waals surface area contributed by atoms with Gasteiger partial charge in [0.1, 0.15) is 0 Å². The summed E-state index contributed by atoms with van der Waals surface area (Å²) in [5, 5.41) is 0. The lowest BCUT2D eigenvalue weighted by Crippen LogP contribution is -2.60. The van der Waals surface area contributed by atoms with Crippen molar-refractivity contribution >= 4 is 0 Å². The Hall–Kier alpha value is -0.140. The summed E-state index contributed by atoms with van der Waals surface area (Å²) in [4.78, 5) is 0. The van der Waals surface area contributed by atoms with Crippen molar-refractivity contribution in [2.75, 3.05) is 0 Å². The summed E-state index contributed by atoms with van der Waals surface area (Å²) in [5.41, 5.74) is 0.389. The van der Waals surface area contributed by atoms with Gasteiger partial charge in [-0.1, -0.05) is 33.6 Å². The molecule has 0 N–H and O–H groups in total. The lowest BCUT2D eigenvalue weighted by molar-refractivity contribution is -0.231. The van der Waals surface area contributed by atoms with Gasteiger partial charge in [-0.3, -0.25) is 0 Å². The Morgan fingerprint density at radius 2 is 1.55 bits per heavy atom. The molecule has 0 aromatic heterocycles. The van der Waals surface area contributed by atoms with Gasteiger partial charge >= 0.3 is 0 Å². The third-order valence-corrected chi connectivity index (χ3v) is 9.05. The molecule has 4 aliphatic carbocycles. The Kier molecular flexibility index (Phi) is 3.28. The molecule has 0 spiro atoms. The lowest BCUT2D eigenvalue weighted by Gasteiger charge is -2.62. The van der Waals surface area contributed by atoms with Crippen LogP contribution in [0.1, 0.15) is 78.6 Å². The third-order valence-electron chi connectivity index (χ3n) is 9.05. The van der Waals surface area contributed by atoms with Crippen molar-refractivity contribution in [2.24, 2.45) is 40.4 Å². The van der Waals surface area contributed by atoms with E-state index < -0.39 is 5.92 Å². The molecule has 22 heavy (non-hydrogen) atoms. The van der Waals surface area contributed by atoms with Crippen LogP contribution >= 0.6 is 0 Å². The highest BCUT2D eigenvalue weighted by atomic mass is 19.3. The van der Waals surface area contributed by atoms with E-state index in [0.29, 0.717) is 5.92 Å². The molecule has 0 bridgehead atoms. The zero-order valence-electron chi connectivity index (χ0n) is 14.5. The normalized spacial score (nSPS) is 56.9. The maximum Gasteiger partial charge on any atom is 0.251 e. The summed E-state index contributed by atoms with van der Waals surface area (Å²) >= 11 is 0. The van der Waals surface area contributed by atoms with E-state index in [1.54, 1.807) is 0 Å². The summed E-state index contributed by atoms with van der Waals surface area (Å²) in [7, 11) is 0. The minimum Gasteiger partial charge on any atom is -0.207 e. The van der Waals surface area contributed by atoms with Gasteiger partial charge in [-0.05, 0) is 73.0 Å². The standard InChI is InChI=1S/C20H32F2/c1-13-7-8-15-17-16(9-11-18(13,15)2)19(3)10-5-4-6-14(19)12-20(17,21)22/h13-17H,4-12H2,1-3H3. The SMILES string of the molecule is CC1CCC2C3C(CCC12C)C1(C)CCCCC1CC3(F)F. The first-order chi connectivity index (χ1) is 10.3. The Labute approximate surface area is 134 Å². The fraction of sp³-hybridized carbons (Fsp3) is 1.00. The highest BCUT2D eigenvalue weighted by molar-refractivity contribution is 5.12. The molecule has 4 fully saturated rings. The van der Waals surface area contributed by atoms with E-state index in [-0.39, 0.29) is 40.9 Å². The topological polar surface area (TPSA) is 0 Å². The van der Waals surface area contributed by atoms with Crippen LogP contribution < -0.4 is 0 Å². The Morgan fingerprint density at radius 1 is 0.818 bits per heavy atom. The molecule has 0 heterocycles. The highest BCUT2D eigenvalue weighted by Crippen LogP contribution is 2.70. The quantitative estimate of drug-likeness (QED) is 0.492. The third kappa shape index (κ3) is 1.85. The van der Waals surface area contributed by atoms with Crippen molar-refractivity contribution in [1.29, 1.82) is 0 Å². The van der Waals surface area contributed by atoms with E-state index in [9.17, 15) is 0 Å². The molecule has 7 atom stereocenters. The smallest absolute Gasteiger partial charge is 0.207 e. The number of hydrogen-bond donors (Lipinski definition) is 0. The van der Waals surface area contributed by atoms with Crippen LogP contribution in [0.4, 0.5) is 8.78 Å². The molecule has 4 saturated carbocycles. The van der Waals surface area contributed by atoms with Crippen molar-refractivity contribution in [1.82, 2.24) is 0 Å². The maximum atomic E-state index is 15.2. The zero-order valence-corrected chi connectivity index (χ0v) is 14.5. The summed E-state index contributed by atoms with van der Waals surface area (Å²) < 4.78 is 30.4. The van der Waals surface area contributed by atoms with Crippen molar-refractivity contribution in [2.45, 2.75) is 84.5 Å². The zero-order chi connectivity index (χ0) is 15.8. The lowest BCUT2D eigenvalue weighted by atomic mass is 9.44. The van der Waals surface area contributed by atoms with Gasteiger partial charge in [0.15, 0.2) is 0 Å². The second-order valence-corrected chi connectivity index (χ2v) is 9.68. The van der Waals surface area contributed by atoms with Gasteiger partial charge in [0, 0.05) is 12.3 Å². The number of fused-ring (bicyclic) bond motifs is 5. The first kappa shape index (κ1) is 15.4. The summed E-state index contributed by atoms with van der Waals surface area (Å²) in [6.07, 6.45) is 9.35. The number of halogens is 2. The van der Waals surface area contributed by atoms with Crippen molar-refractivity contribution < 1.29 is 8.78 Å². The van der Waals surface area contributed by atoms with Gasteiger partial charge in [-0.15, -0.1) is 0 Å². The second-order valence-electron chi connectivity index (χ2n) is 9.68. The van der Waals surface area contributed by atoms with E-state index >= 15 is 8.78 Å². The van der Waals surface area contributed by atoms with Crippen LogP contribution in [0.3, 0.4) is 0 Å². The molecule has 0 saturated heterocycles. The van der Waals surface area contributed by atoms with E-state index in [1.165, 1.54) is 32.1 Å². The molecule has 0 aromatic rings. The van der Waals surface area contributed by atoms with Crippen LogP contribution in [-0.4, -0.2) is 5.92 Å². The first-order valence-electron chi connectivity index (χ1n) is 9.67. The van der Waals surface area contributed by atoms with Crippen molar-refractivity contribution in [3.63, 3.8) is 0 Å². The molecule has 0 radical (unpaired) electrons. The molecular weight excluding hydrogens is 278 g/mol. The van der Waals surface area contributed by atoms with Gasteiger partial charge in [0.05, 0.1) is 0 Å². The first-order valence-corrected chi connectivity index (χ1v) is 9.67. The summed E-state index contributed by atoms with van der Waals surface area (Å²) in [6.45, 7) is 7.02. The number of rotatable bonds is 0. The van der Waals surface area contributed by atoms with E-state index in [2.05, 4.69) is 20.8 Å². The molecule has 4 rings (SSSR count). The minimum atomic E-state index is -2.41. The number of alkyl halides is 2. The van der Waals surface area contributed by atoms with Crippen molar-refractivity contribution in [3.8, 4) is 0 Å². The molecule has 4 aliphatic rings. The van der Waals surface area contributed by atoms with E-state index in [4.69, 9.17) is 0 Å². The van der Waals surface area contributed by atoms with Crippen LogP contribution in [0.25, 0.3) is 0 Å². The van der Waals surface area contributed by atoms with Crippen LogP contribution in [0.15, 0.2) is 0 Å². The van der Waals surface area contributed by atoms with Gasteiger partial charge in [-0.2, -0.15) is 0 Å². The summed E-state index contributed by atoms with van der Waals surface area (Å²) in [6, 6.07) is 0. The summed E-state index contributed by atoms with van der Waals surface area (Å²) in [5.74, 6) is -1.27. The van der Waals surface area contributed by atoms with E-state index in [0.717, 1.165) is 19.3 Å². The van der Waals surface area contributed by atoms with Crippen LogP contribution in [0.2, 0.25) is 0 Å². The maximum absolute atomic E-state index is 15.2. The van der Waals surface area contributed by atoms with Gasteiger partial charge in [0.2, 0.25) is 0 Å². The Balaban J connectivity index is 1.74. The second kappa shape index (κ2) is 4.70. The average molecular weight is 310 g/mol.